The molecule has 0 bridgehead atoms. The highest BCUT2D eigenvalue weighted by molar-refractivity contribution is 7.09. The van der Waals surface area contributed by atoms with Gasteiger partial charge in [-0.3, -0.25) is 0 Å². The van der Waals surface area contributed by atoms with E-state index in [2.05, 4.69) is 37.9 Å². The van der Waals surface area contributed by atoms with Gasteiger partial charge >= 0.3 is 0 Å². The van der Waals surface area contributed by atoms with Gasteiger partial charge < -0.3 is 4.74 Å². The molecule has 7 heteroatoms. The minimum absolute atomic E-state index is 0.644. The van der Waals surface area contributed by atoms with Crippen LogP contribution in [0.1, 0.15) is 34.9 Å². The first-order valence-corrected chi connectivity index (χ1v) is 9.06. The predicted octanol–water partition coefficient (Wildman–Crippen LogP) is 3.78. The van der Waals surface area contributed by atoms with Crippen molar-refractivity contribution in [3.05, 3.63) is 51.7 Å². The molecule has 0 amide bonds. The number of allylic oxidation sites excluding steroid dienone is 1. The van der Waals surface area contributed by atoms with Gasteiger partial charge in [-0.05, 0) is 56.5 Å². The Morgan fingerprint density at radius 3 is 2.84 bits per heavy atom. The van der Waals surface area contributed by atoms with E-state index in [4.69, 9.17) is 4.74 Å². The average molecular weight is 355 g/mol. The Morgan fingerprint density at radius 2 is 2.16 bits per heavy atom. The summed E-state index contributed by atoms with van der Waals surface area (Å²) in [6, 6.07) is 5.84. The quantitative estimate of drug-likeness (QED) is 0.604. The summed E-state index contributed by atoms with van der Waals surface area (Å²) in [5, 5.41) is 15.5. The molecule has 6 nitrogen and oxygen atoms in total. The number of ether oxygens (including phenoxy) is 1. The summed E-state index contributed by atoms with van der Waals surface area (Å²) in [7, 11) is 1.68. The van der Waals surface area contributed by atoms with E-state index in [-0.39, 0.29) is 0 Å². The second kappa shape index (κ2) is 8.02. The number of hydrogen-bond acceptors (Lipinski definition) is 6. The first kappa shape index (κ1) is 17.3. The summed E-state index contributed by atoms with van der Waals surface area (Å²) in [4.78, 5) is 6.02. The van der Waals surface area contributed by atoms with E-state index in [1.807, 2.05) is 32.0 Å². The van der Waals surface area contributed by atoms with E-state index >= 15 is 0 Å². The van der Waals surface area contributed by atoms with Crippen LogP contribution in [0.5, 0.6) is 5.75 Å². The third-order valence-electron chi connectivity index (χ3n) is 3.73. The molecule has 1 aromatic carbocycles. The monoisotopic (exact) mass is 355 g/mol. The molecule has 0 saturated carbocycles. The van der Waals surface area contributed by atoms with Crippen molar-refractivity contribution in [2.45, 2.75) is 33.1 Å². The zero-order valence-electron chi connectivity index (χ0n) is 14.6. The molecule has 0 spiro atoms. The second-order valence-corrected chi connectivity index (χ2v) is 6.77. The fraction of sp³-hybridized carbons (Fsp3) is 0.333. The number of benzene rings is 1. The SMILES string of the molecule is COc1ccc(-n2nnc(C)n2)cc1/C=C/CCCc1csc(C)n1. The Balaban J connectivity index is 1.65. The lowest BCUT2D eigenvalue weighted by atomic mass is 10.1. The number of aromatic nitrogens is 5. The normalized spacial score (nSPS) is 11.3. The molecule has 0 aliphatic rings. The number of nitrogens with zero attached hydrogens (tertiary/aromatic N) is 5. The van der Waals surface area contributed by atoms with Crippen molar-refractivity contribution >= 4 is 17.4 Å². The fourth-order valence-electron chi connectivity index (χ4n) is 2.50. The highest BCUT2D eigenvalue weighted by Crippen LogP contribution is 2.23. The van der Waals surface area contributed by atoms with Crippen LogP contribution in [0.4, 0.5) is 0 Å². The van der Waals surface area contributed by atoms with Crippen molar-refractivity contribution < 1.29 is 4.74 Å². The van der Waals surface area contributed by atoms with Gasteiger partial charge in [0.25, 0.3) is 0 Å². The van der Waals surface area contributed by atoms with Crippen molar-refractivity contribution in [1.29, 1.82) is 0 Å². The lowest BCUT2D eigenvalue weighted by Gasteiger charge is -2.07. The summed E-state index contributed by atoms with van der Waals surface area (Å²) in [5.74, 6) is 1.47. The summed E-state index contributed by atoms with van der Waals surface area (Å²) >= 11 is 1.71. The van der Waals surface area contributed by atoms with Crippen molar-refractivity contribution in [3.63, 3.8) is 0 Å². The molecule has 0 N–H and O–H groups in total. The molecule has 0 fully saturated rings. The molecule has 2 aromatic heterocycles. The lowest BCUT2D eigenvalue weighted by molar-refractivity contribution is 0.413. The van der Waals surface area contributed by atoms with Gasteiger partial charge in [0.15, 0.2) is 5.82 Å². The summed E-state index contributed by atoms with van der Waals surface area (Å²) in [6.07, 6.45) is 7.32. The van der Waals surface area contributed by atoms with Crippen LogP contribution < -0.4 is 4.74 Å². The molecule has 0 unspecified atom stereocenters. The summed E-state index contributed by atoms with van der Waals surface area (Å²) in [5.41, 5.74) is 3.04. The number of rotatable bonds is 7. The number of hydrogen-bond donors (Lipinski definition) is 0. The summed E-state index contributed by atoms with van der Waals surface area (Å²) in [6.45, 7) is 3.86. The van der Waals surface area contributed by atoms with E-state index in [0.29, 0.717) is 5.82 Å². The maximum absolute atomic E-state index is 5.44. The van der Waals surface area contributed by atoms with E-state index in [1.165, 1.54) is 10.5 Å². The van der Waals surface area contributed by atoms with Gasteiger partial charge in [0, 0.05) is 10.9 Å². The van der Waals surface area contributed by atoms with Crippen LogP contribution in [0.25, 0.3) is 11.8 Å². The van der Waals surface area contributed by atoms with Crippen molar-refractivity contribution in [2.24, 2.45) is 0 Å². The van der Waals surface area contributed by atoms with Crippen LogP contribution in [-0.2, 0) is 6.42 Å². The molecule has 25 heavy (non-hydrogen) atoms. The van der Waals surface area contributed by atoms with E-state index < -0.39 is 0 Å². The highest BCUT2D eigenvalue weighted by atomic mass is 32.1. The van der Waals surface area contributed by atoms with E-state index in [0.717, 1.165) is 41.3 Å². The van der Waals surface area contributed by atoms with Crippen molar-refractivity contribution in [2.75, 3.05) is 7.11 Å². The topological polar surface area (TPSA) is 65.7 Å². The van der Waals surface area contributed by atoms with Crippen LogP contribution in [0.2, 0.25) is 0 Å². The second-order valence-electron chi connectivity index (χ2n) is 5.70. The van der Waals surface area contributed by atoms with Crippen LogP contribution >= 0.6 is 11.3 Å². The molecule has 0 saturated heterocycles. The van der Waals surface area contributed by atoms with Crippen molar-refractivity contribution in [3.8, 4) is 11.4 Å². The minimum Gasteiger partial charge on any atom is -0.496 e. The van der Waals surface area contributed by atoms with Crippen molar-refractivity contribution in [1.82, 2.24) is 25.2 Å². The van der Waals surface area contributed by atoms with E-state index in [1.54, 1.807) is 18.4 Å². The lowest BCUT2D eigenvalue weighted by Crippen LogP contribution is -2.00. The maximum Gasteiger partial charge on any atom is 0.172 e. The Bertz CT molecular complexity index is 868. The zero-order valence-corrected chi connectivity index (χ0v) is 15.5. The molecule has 3 aromatic rings. The van der Waals surface area contributed by atoms with Crippen LogP contribution in [0.3, 0.4) is 0 Å². The molecule has 0 aliphatic carbocycles. The molecular formula is C18H21N5OS. The third kappa shape index (κ3) is 4.51. The first-order valence-electron chi connectivity index (χ1n) is 8.18. The first-order chi connectivity index (χ1) is 12.2. The molecule has 130 valence electrons. The van der Waals surface area contributed by atoms with Gasteiger partial charge in [-0.1, -0.05) is 12.2 Å². The molecule has 2 heterocycles. The maximum atomic E-state index is 5.44. The minimum atomic E-state index is 0.644. The van der Waals surface area contributed by atoms with Crippen LogP contribution in [0.15, 0.2) is 29.7 Å². The van der Waals surface area contributed by atoms with Gasteiger partial charge in [-0.25, -0.2) is 4.98 Å². The summed E-state index contributed by atoms with van der Waals surface area (Å²) < 4.78 is 5.44. The number of tetrazole rings is 1. The van der Waals surface area contributed by atoms with Crippen LogP contribution in [0, 0.1) is 13.8 Å². The van der Waals surface area contributed by atoms with E-state index in [9.17, 15) is 0 Å². The Hall–Kier alpha value is -2.54. The fourth-order valence-corrected chi connectivity index (χ4v) is 3.15. The zero-order chi connectivity index (χ0) is 17.6. The van der Waals surface area contributed by atoms with Gasteiger partial charge in [0.2, 0.25) is 0 Å². The molecule has 0 radical (unpaired) electrons. The van der Waals surface area contributed by atoms with Gasteiger partial charge in [0.05, 0.1) is 23.5 Å². The van der Waals surface area contributed by atoms with Gasteiger partial charge in [0.1, 0.15) is 5.75 Å². The number of thiazole rings is 1. The number of aryl methyl sites for hydroxylation is 3. The molecule has 3 rings (SSSR count). The largest absolute Gasteiger partial charge is 0.496 e. The number of methoxy groups -OCH3 is 1. The molecule has 0 aliphatic heterocycles. The standard InChI is InChI=1S/C18H21N5OS/c1-13-20-22-23(21-13)17-9-10-18(24-3)15(11-17)7-5-4-6-8-16-12-25-14(2)19-16/h5,7,9-12H,4,6,8H2,1-3H3/b7-5+. The highest BCUT2D eigenvalue weighted by Gasteiger charge is 2.06. The average Bonchev–Trinajstić information content (AvgIpc) is 3.23. The Labute approximate surface area is 151 Å². The molecular weight excluding hydrogens is 334 g/mol. The predicted molar refractivity (Wildman–Crippen MR) is 99.3 cm³/mol. The molecule has 0 atom stereocenters. The smallest absolute Gasteiger partial charge is 0.172 e. The number of unbranched alkanes of at least 4 members (excludes halogenated alkanes) is 1. The Morgan fingerprint density at radius 1 is 1.28 bits per heavy atom. The van der Waals surface area contributed by atoms with Crippen LogP contribution in [-0.4, -0.2) is 32.3 Å². The third-order valence-corrected chi connectivity index (χ3v) is 4.55. The van der Waals surface area contributed by atoms with Gasteiger partial charge in [-0.2, -0.15) is 0 Å². The van der Waals surface area contributed by atoms with Gasteiger partial charge in [-0.15, -0.1) is 26.3 Å². The Kier molecular flexibility index (Phi) is 5.55.